The number of ether oxygens (including phenoxy) is 3. The van der Waals surface area contributed by atoms with Gasteiger partial charge in [0, 0.05) is 14.2 Å². The molecule has 0 saturated carbocycles. The molecule has 0 unspecified atom stereocenters. The Morgan fingerprint density at radius 3 is 1.91 bits per heavy atom. The molecule has 0 bridgehead atoms. The number of thioether (sulfide) groups is 1. The second kappa shape index (κ2) is 11.8. The molecule has 5 nitrogen and oxygen atoms in total. The number of halogens is 1. The van der Waals surface area contributed by atoms with E-state index < -0.39 is 5.97 Å². The average molecular weight is 562 g/mol. The highest BCUT2D eigenvalue weighted by atomic mass is 127. The number of hydrogen-bond acceptors (Lipinski definition) is 5. The summed E-state index contributed by atoms with van der Waals surface area (Å²) < 4.78 is 16.9. The van der Waals surface area contributed by atoms with Gasteiger partial charge in [-0.1, -0.05) is 30.3 Å². The Hall–Kier alpha value is -2.65. The Kier molecular flexibility index (Phi) is 8.87. The first-order valence-corrected chi connectivity index (χ1v) is 11.8. The highest BCUT2D eigenvalue weighted by molar-refractivity contribution is 14.1. The first-order valence-electron chi connectivity index (χ1n) is 9.76. The van der Waals surface area contributed by atoms with Gasteiger partial charge < -0.3 is 19.3 Å². The van der Waals surface area contributed by atoms with Gasteiger partial charge in [0.15, 0.2) is 6.61 Å². The fourth-order valence-corrected chi connectivity index (χ4v) is 4.74. The van der Waals surface area contributed by atoms with Crippen molar-refractivity contribution in [2.75, 3.05) is 26.6 Å². The fraction of sp³-hybridized carbons (Fsp3) is 0.160. The lowest BCUT2D eigenvalue weighted by Crippen LogP contribution is -2.09. The molecule has 0 aliphatic carbocycles. The Balaban J connectivity index is 1.80. The lowest BCUT2D eigenvalue weighted by Gasteiger charge is -2.11. The van der Waals surface area contributed by atoms with Crippen LogP contribution in [-0.4, -0.2) is 37.7 Å². The average Bonchev–Trinajstić information content (AvgIpc) is 2.82. The third-order valence-electron chi connectivity index (χ3n) is 4.59. The van der Waals surface area contributed by atoms with Crippen LogP contribution < -0.4 is 14.2 Å². The van der Waals surface area contributed by atoms with Gasteiger partial charge in [0.2, 0.25) is 0 Å². The van der Waals surface area contributed by atoms with E-state index in [1.54, 1.807) is 32.0 Å². The minimum absolute atomic E-state index is 0.349. The van der Waals surface area contributed by atoms with E-state index in [9.17, 15) is 4.79 Å². The zero-order valence-corrected chi connectivity index (χ0v) is 20.7. The molecule has 0 saturated heterocycles. The highest BCUT2D eigenvalue weighted by Gasteiger charge is 2.08. The van der Waals surface area contributed by atoms with Crippen molar-refractivity contribution in [1.82, 2.24) is 0 Å². The Morgan fingerprint density at radius 1 is 0.906 bits per heavy atom. The zero-order valence-electron chi connectivity index (χ0n) is 17.7. The molecule has 7 heteroatoms. The molecule has 0 atom stereocenters. The van der Waals surface area contributed by atoms with Gasteiger partial charge in [0.1, 0.15) is 17.2 Å². The smallest absolute Gasteiger partial charge is 0.341 e. The monoisotopic (exact) mass is 562 g/mol. The molecule has 3 rings (SSSR count). The molecule has 3 aromatic carbocycles. The van der Waals surface area contributed by atoms with E-state index in [4.69, 9.17) is 19.3 Å². The van der Waals surface area contributed by atoms with Crippen molar-refractivity contribution < 1.29 is 24.1 Å². The molecule has 0 amide bonds. The van der Waals surface area contributed by atoms with Crippen LogP contribution in [0.4, 0.5) is 0 Å². The molecule has 0 fully saturated rings. The first kappa shape index (κ1) is 24.0. The van der Waals surface area contributed by atoms with Gasteiger partial charge in [-0.25, -0.2) is 4.79 Å². The number of carboxylic acids is 1. The summed E-state index contributed by atoms with van der Waals surface area (Å²) in [6.45, 7) is -0.349. The molecule has 32 heavy (non-hydrogen) atoms. The van der Waals surface area contributed by atoms with E-state index in [1.165, 1.54) is 0 Å². The molecule has 3 aromatic rings. The Bertz CT molecular complexity index is 1030. The summed E-state index contributed by atoms with van der Waals surface area (Å²) >= 11 is 3.95. The van der Waals surface area contributed by atoms with Gasteiger partial charge in [0.05, 0.1) is 14.2 Å². The molecule has 0 heterocycles. The van der Waals surface area contributed by atoms with Crippen LogP contribution in [0, 0.1) is 3.57 Å². The summed E-state index contributed by atoms with van der Waals surface area (Å²) in [7, 11) is 3.32. The molecule has 0 aliphatic rings. The highest BCUT2D eigenvalue weighted by Crippen LogP contribution is 2.31. The standard InChI is InChI=1S/C25H23IO5S/c1-29-19-7-3-17(4-8-19)22(18-5-9-20(30-2)10-6-18)13-14-32-24-12-11-21(15-23(24)26)31-16-25(27)28/h3-13,15H,14,16H2,1-2H3,(H,27,28). The van der Waals surface area contributed by atoms with Crippen LogP contribution in [0.2, 0.25) is 0 Å². The van der Waals surface area contributed by atoms with Crippen molar-refractivity contribution in [3.05, 3.63) is 87.5 Å². The minimum atomic E-state index is -0.992. The SMILES string of the molecule is COc1ccc(C(=CCSc2ccc(OCC(=O)O)cc2I)c2ccc(OC)cc2)cc1. The maximum Gasteiger partial charge on any atom is 0.341 e. The zero-order chi connectivity index (χ0) is 22.9. The third-order valence-corrected chi connectivity index (χ3v) is 6.85. The van der Waals surface area contributed by atoms with Crippen LogP contribution in [0.3, 0.4) is 0 Å². The molecule has 0 aliphatic heterocycles. The summed E-state index contributed by atoms with van der Waals surface area (Å²) in [6, 6.07) is 21.6. The van der Waals surface area contributed by atoms with Crippen molar-refractivity contribution in [1.29, 1.82) is 0 Å². The minimum Gasteiger partial charge on any atom is -0.497 e. The lowest BCUT2D eigenvalue weighted by molar-refractivity contribution is -0.139. The molecule has 1 N–H and O–H groups in total. The third kappa shape index (κ3) is 6.67. The van der Waals surface area contributed by atoms with E-state index in [0.29, 0.717) is 5.75 Å². The van der Waals surface area contributed by atoms with E-state index in [1.807, 2.05) is 36.4 Å². The number of rotatable bonds is 10. The van der Waals surface area contributed by atoms with Gasteiger partial charge in [-0.05, 0) is 81.8 Å². The van der Waals surface area contributed by atoms with Crippen LogP contribution in [0.5, 0.6) is 17.2 Å². The number of aliphatic carboxylic acids is 1. The number of methoxy groups -OCH3 is 2. The van der Waals surface area contributed by atoms with Crippen LogP contribution in [0.1, 0.15) is 11.1 Å². The number of carbonyl (C=O) groups is 1. The van der Waals surface area contributed by atoms with E-state index in [2.05, 4.69) is 52.9 Å². The van der Waals surface area contributed by atoms with Crippen molar-refractivity contribution in [3.63, 3.8) is 0 Å². The van der Waals surface area contributed by atoms with E-state index >= 15 is 0 Å². The summed E-state index contributed by atoms with van der Waals surface area (Å²) in [4.78, 5) is 11.8. The van der Waals surface area contributed by atoms with Crippen molar-refractivity contribution >= 4 is 45.9 Å². The Morgan fingerprint density at radius 2 is 1.44 bits per heavy atom. The molecular weight excluding hydrogens is 539 g/mol. The second-order valence-corrected chi connectivity index (χ2v) is 8.88. The topological polar surface area (TPSA) is 65.0 Å². The predicted octanol–water partition coefficient (Wildman–Crippen LogP) is 6.00. The molecular formula is C25H23IO5S. The van der Waals surface area contributed by atoms with Crippen LogP contribution in [0.25, 0.3) is 5.57 Å². The van der Waals surface area contributed by atoms with Crippen molar-refractivity contribution in [3.8, 4) is 17.2 Å². The van der Waals surface area contributed by atoms with Crippen molar-refractivity contribution in [2.45, 2.75) is 4.90 Å². The number of carboxylic acid groups (broad SMARTS) is 1. The summed E-state index contributed by atoms with van der Waals surface area (Å²) in [5.41, 5.74) is 3.33. The van der Waals surface area contributed by atoms with Crippen LogP contribution >= 0.6 is 34.4 Å². The molecule has 0 aromatic heterocycles. The normalized spacial score (nSPS) is 10.3. The second-order valence-electron chi connectivity index (χ2n) is 6.66. The quantitative estimate of drug-likeness (QED) is 0.242. The number of hydrogen-bond donors (Lipinski definition) is 1. The molecule has 166 valence electrons. The Labute approximate surface area is 205 Å². The largest absolute Gasteiger partial charge is 0.497 e. The van der Waals surface area contributed by atoms with Gasteiger partial charge in [0.25, 0.3) is 0 Å². The van der Waals surface area contributed by atoms with Gasteiger partial charge in [-0.2, -0.15) is 0 Å². The predicted molar refractivity (Wildman–Crippen MR) is 136 cm³/mol. The van der Waals surface area contributed by atoms with E-state index in [0.717, 1.165) is 42.4 Å². The van der Waals surface area contributed by atoms with Gasteiger partial charge in [-0.15, -0.1) is 11.8 Å². The van der Waals surface area contributed by atoms with Gasteiger partial charge >= 0.3 is 5.97 Å². The van der Waals surface area contributed by atoms with Crippen LogP contribution in [0.15, 0.2) is 77.7 Å². The summed E-state index contributed by atoms with van der Waals surface area (Å²) in [5.74, 6) is 1.95. The maximum absolute atomic E-state index is 10.7. The lowest BCUT2D eigenvalue weighted by atomic mass is 9.97. The molecule has 0 spiro atoms. The summed E-state index contributed by atoms with van der Waals surface area (Å²) in [6.07, 6.45) is 2.21. The maximum atomic E-state index is 10.7. The van der Waals surface area contributed by atoms with Crippen LogP contribution in [-0.2, 0) is 4.79 Å². The van der Waals surface area contributed by atoms with Crippen molar-refractivity contribution in [2.24, 2.45) is 0 Å². The first-order chi connectivity index (χ1) is 15.5. The summed E-state index contributed by atoms with van der Waals surface area (Å²) in [5, 5.41) is 8.76. The van der Waals surface area contributed by atoms with Gasteiger partial charge in [-0.3, -0.25) is 0 Å². The number of benzene rings is 3. The van der Waals surface area contributed by atoms with E-state index in [-0.39, 0.29) is 6.61 Å². The fourth-order valence-electron chi connectivity index (χ4n) is 2.99. The molecule has 0 radical (unpaired) electrons.